The van der Waals surface area contributed by atoms with Crippen molar-refractivity contribution in [2.75, 3.05) is 0 Å². The van der Waals surface area contributed by atoms with E-state index in [1.807, 2.05) is 102 Å². The van der Waals surface area contributed by atoms with Crippen molar-refractivity contribution < 1.29 is 18.6 Å². The van der Waals surface area contributed by atoms with Crippen LogP contribution in [0.3, 0.4) is 0 Å². The van der Waals surface area contributed by atoms with Gasteiger partial charge < -0.3 is 16.6 Å². The average molecular weight is 540 g/mol. The summed E-state index contributed by atoms with van der Waals surface area (Å²) in [6, 6.07) is 4.13. The minimum atomic E-state index is 0. The third kappa shape index (κ3) is 87.6. The van der Waals surface area contributed by atoms with Gasteiger partial charge in [-0.1, -0.05) is 104 Å². The number of aromatic nitrogens is 2. The smallest absolute Gasteiger partial charge is 0.137 e. The number of nitrogens with two attached hydrogens (primary N) is 1. The van der Waals surface area contributed by atoms with Gasteiger partial charge in [0.15, 0.2) is 0 Å². The van der Waals surface area contributed by atoms with E-state index in [2.05, 4.69) is 50.7 Å². The van der Waals surface area contributed by atoms with Gasteiger partial charge in [0.25, 0.3) is 0 Å². The Bertz CT molecular complexity index is 490. The van der Waals surface area contributed by atoms with E-state index in [-0.39, 0.29) is 46.4 Å². The SMILES string of the molecule is C.C.C.CC.CC.CC.CC.CC(C)(C)N.CCCC.C[C-](C)C.Cc1cnc2[nH]ccc2c1.[V]. The van der Waals surface area contributed by atoms with Gasteiger partial charge in [-0.2, -0.15) is 20.8 Å². The van der Waals surface area contributed by atoms with Gasteiger partial charge >= 0.3 is 0 Å². The zero-order valence-electron chi connectivity index (χ0n) is 25.2. The zero-order chi connectivity index (χ0) is 26.5. The van der Waals surface area contributed by atoms with Gasteiger partial charge in [-0.25, -0.2) is 4.98 Å². The van der Waals surface area contributed by atoms with Gasteiger partial charge in [0.1, 0.15) is 5.65 Å². The largest absolute Gasteiger partial charge is 0.346 e. The predicted molar refractivity (Wildman–Crippen MR) is 171 cm³/mol. The fourth-order valence-electron chi connectivity index (χ4n) is 1.05. The summed E-state index contributed by atoms with van der Waals surface area (Å²) in [5.41, 5.74) is 7.52. The molecule has 2 aromatic rings. The van der Waals surface area contributed by atoms with Crippen LogP contribution >= 0.6 is 0 Å². The van der Waals surface area contributed by atoms with Crippen molar-refractivity contribution in [2.45, 2.75) is 158 Å². The number of hydrogen-bond donors (Lipinski definition) is 2. The Morgan fingerprint density at radius 2 is 1.11 bits per heavy atom. The third-order valence-electron chi connectivity index (χ3n) is 2.04. The van der Waals surface area contributed by atoms with Gasteiger partial charge in [0.05, 0.1) is 0 Å². The number of nitrogens with one attached hydrogen (secondary N) is 1. The summed E-state index contributed by atoms with van der Waals surface area (Å²) in [6.45, 7) is 34.5. The van der Waals surface area contributed by atoms with Gasteiger partial charge in [-0.3, -0.25) is 0 Å². The Morgan fingerprint density at radius 3 is 1.37 bits per heavy atom. The molecular weight excluding hydrogens is 465 g/mol. The fraction of sp³-hybridized carbons (Fsp3) is 0.742. The summed E-state index contributed by atoms with van der Waals surface area (Å²) in [6.07, 6.45) is 6.40. The third-order valence-corrected chi connectivity index (χ3v) is 2.04. The number of fused-ring (bicyclic) bond motifs is 1. The molecule has 0 atom stereocenters. The number of aromatic amines is 1. The zero-order valence-corrected chi connectivity index (χ0v) is 26.6. The van der Waals surface area contributed by atoms with E-state index in [9.17, 15) is 0 Å². The predicted octanol–water partition coefficient (Wildman–Crippen LogP) is 12.1. The molecule has 2 rings (SSSR count). The van der Waals surface area contributed by atoms with Crippen molar-refractivity contribution in [2.24, 2.45) is 5.73 Å². The van der Waals surface area contributed by atoms with E-state index in [0.29, 0.717) is 0 Å². The molecule has 0 amide bonds. The van der Waals surface area contributed by atoms with Crippen molar-refractivity contribution >= 4 is 11.0 Å². The topological polar surface area (TPSA) is 54.7 Å². The summed E-state index contributed by atoms with van der Waals surface area (Å²) < 4.78 is 0. The van der Waals surface area contributed by atoms with Crippen LogP contribution in [0.2, 0.25) is 0 Å². The molecule has 0 saturated carbocycles. The molecule has 2 aromatic heterocycles. The summed E-state index contributed by atoms with van der Waals surface area (Å²) in [7, 11) is 0. The maximum Gasteiger partial charge on any atom is 0.137 e. The first-order chi connectivity index (χ1) is 14.5. The molecule has 0 unspecified atom stereocenters. The standard InChI is InChI=1S/C8H8N2.C4H11N.C4H9.C4H10.4C2H6.3CH4.V/c1-6-4-7-2-3-9-8(7)10-5-6;1-4(2,3)5;1-4(2)3;1-3-4-2;4*1-2;;;;/h2-5H,1H3,(H,9,10);5H2,1-3H3;1-3H3;3-4H2,1-2H3;4*1-2H3;3*1H4;/q;;-1;;;;;;;;;. The molecule has 0 saturated heterocycles. The van der Waals surface area contributed by atoms with Crippen LogP contribution in [0.15, 0.2) is 24.5 Å². The minimum absolute atomic E-state index is 0. The number of unbranched alkanes of at least 4 members (excludes halogenated alkanes) is 1. The summed E-state index contributed by atoms with van der Waals surface area (Å²) >= 11 is 0. The maximum atomic E-state index is 5.35. The number of aryl methyl sites for hydroxylation is 1. The molecule has 0 aromatic carbocycles. The molecule has 0 bridgehead atoms. The van der Waals surface area contributed by atoms with Crippen molar-refractivity contribution in [1.82, 2.24) is 9.97 Å². The van der Waals surface area contributed by atoms with Crippen LogP contribution < -0.4 is 5.73 Å². The van der Waals surface area contributed by atoms with Gasteiger partial charge in [0, 0.05) is 41.9 Å². The second kappa shape index (κ2) is 54.2. The van der Waals surface area contributed by atoms with Crippen molar-refractivity contribution in [3.63, 3.8) is 0 Å². The molecule has 3 nitrogen and oxygen atoms in total. The molecular formula is C31H74N3V-. The van der Waals surface area contributed by atoms with E-state index in [0.717, 1.165) is 5.65 Å². The molecule has 1 radical (unpaired) electrons. The summed E-state index contributed by atoms with van der Waals surface area (Å²) in [5.74, 6) is 1.42. The van der Waals surface area contributed by atoms with Crippen LogP contribution in [0.4, 0.5) is 0 Å². The van der Waals surface area contributed by atoms with Crippen LogP contribution in [-0.4, -0.2) is 15.5 Å². The van der Waals surface area contributed by atoms with Crippen LogP contribution in [0.25, 0.3) is 11.0 Å². The normalized spacial score (nSPS) is 7.29. The molecule has 0 aliphatic heterocycles. The molecule has 35 heavy (non-hydrogen) atoms. The Balaban J connectivity index is -0.0000000278. The minimum Gasteiger partial charge on any atom is -0.346 e. The summed E-state index contributed by atoms with van der Waals surface area (Å²) in [4.78, 5) is 7.22. The average Bonchev–Trinajstić information content (AvgIpc) is 3.20. The first kappa shape index (κ1) is 64.4. The number of pyridine rings is 1. The number of nitrogens with zero attached hydrogens (tertiary/aromatic N) is 1. The van der Waals surface area contributed by atoms with E-state index in [4.69, 9.17) is 5.73 Å². The van der Waals surface area contributed by atoms with Crippen LogP contribution in [0, 0.1) is 12.8 Å². The fourth-order valence-corrected chi connectivity index (χ4v) is 1.05. The molecule has 0 aliphatic rings. The molecule has 3 N–H and O–H groups in total. The first-order valence-electron chi connectivity index (χ1n) is 12.5. The Hall–Kier alpha value is -0.766. The molecule has 0 fully saturated rings. The quantitative estimate of drug-likeness (QED) is 0.354. The number of H-pyrrole nitrogens is 1. The van der Waals surface area contributed by atoms with Gasteiger partial charge in [-0.15, -0.1) is 0 Å². The molecule has 0 aliphatic carbocycles. The van der Waals surface area contributed by atoms with E-state index >= 15 is 0 Å². The van der Waals surface area contributed by atoms with Crippen LogP contribution in [0.1, 0.15) is 151 Å². The second-order valence-corrected chi connectivity index (χ2v) is 7.29. The van der Waals surface area contributed by atoms with E-state index in [1.165, 1.54) is 29.7 Å². The second-order valence-electron chi connectivity index (χ2n) is 7.29. The van der Waals surface area contributed by atoms with E-state index in [1.54, 1.807) is 0 Å². The van der Waals surface area contributed by atoms with Gasteiger partial charge in [0.2, 0.25) is 0 Å². The molecule has 4 heteroatoms. The van der Waals surface area contributed by atoms with Crippen LogP contribution in [-0.2, 0) is 18.6 Å². The van der Waals surface area contributed by atoms with Crippen molar-refractivity contribution in [3.05, 3.63) is 36.0 Å². The number of rotatable bonds is 1. The Kier molecular flexibility index (Phi) is 99.8. The Morgan fingerprint density at radius 1 is 0.829 bits per heavy atom. The van der Waals surface area contributed by atoms with Crippen molar-refractivity contribution in [1.29, 1.82) is 0 Å². The molecule has 219 valence electrons. The first-order valence-corrected chi connectivity index (χ1v) is 12.5. The summed E-state index contributed by atoms with van der Waals surface area (Å²) in [5, 5.41) is 1.18. The van der Waals surface area contributed by atoms with Crippen LogP contribution in [0.5, 0.6) is 0 Å². The van der Waals surface area contributed by atoms with Gasteiger partial charge in [-0.05, 0) is 45.4 Å². The maximum absolute atomic E-state index is 5.35. The monoisotopic (exact) mass is 540 g/mol. The van der Waals surface area contributed by atoms with Crippen molar-refractivity contribution in [3.8, 4) is 0 Å². The number of hydrogen-bond acceptors (Lipinski definition) is 2. The van der Waals surface area contributed by atoms with E-state index < -0.39 is 0 Å². The molecule has 2 heterocycles. The molecule has 0 spiro atoms. The Labute approximate surface area is 239 Å².